The molecule has 3 heterocycles. The number of aromatic nitrogens is 4. The summed E-state index contributed by atoms with van der Waals surface area (Å²) in [5, 5.41) is 0.622. The highest BCUT2D eigenvalue weighted by Crippen LogP contribution is 2.24. The van der Waals surface area contributed by atoms with Crippen LogP contribution in [0.2, 0.25) is 5.02 Å². The van der Waals surface area contributed by atoms with E-state index in [1.807, 2.05) is 6.07 Å². The van der Waals surface area contributed by atoms with Crippen LogP contribution in [0.15, 0.2) is 48.8 Å². The zero-order valence-corrected chi connectivity index (χ0v) is 12.9. The summed E-state index contributed by atoms with van der Waals surface area (Å²) in [7, 11) is 0. The van der Waals surface area contributed by atoms with Crippen LogP contribution in [0.25, 0.3) is 33.7 Å². The van der Waals surface area contributed by atoms with E-state index in [1.54, 1.807) is 30.5 Å². The van der Waals surface area contributed by atoms with Crippen LogP contribution >= 0.6 is 11.6 Å². The van der Waals surface area contributed by atoms with Crippen molar-refractivity contribution in [1.82, 2.24) is 19.9 Å². The van der Waals surface area contributed by atoms with Crippen LogP contribution in [-0.4, -0.2) is 19.9 Å². The van der Waals surface area contributed by atoms with Gasteiger partial charge in [-0.3, -0.25) is 4.98 Å². The first-order valence-corrected chi connectivity index (χ1v) is 7.41. The van der Waals surface area contributed by atoms with Gasteiger partial charge in [-0.2, -0.15) is 4.39 Å². The van der Waals surface area contributed by atoms with Gasteiger partial charge in [-0.15, -0.1) is 0 Å². The highest BCUT2D eigenvalue weighted by molar-refractivity contribution is 6.31. The number of aromatic amines is 1. The van der Waals surface area contributed by atoms with Crippen molar-refractivity contribution in [2.24, 2.45) is 0 Å². The van der Waals surface area contributed by atoms with E-state index < -0.39 is 11.8 Å². The lowest BCUT2D eigenvalue weighted by Crippen LogP contribution is -1.92. The van der Waals surface area contributed by atoms with Crippen molar-refractivity contribution in [2.45, 2.75) is 0 Å². The molecule has 1 aromatic carbocycles. The number of H-pyrrole nitrogens is 1. The fourth-order valence-electron chi connectivity index (χ4n) is 2.38. The normalized spacial score (nSPS) is 11.1. The molecule has 0 aliphatic rings. The van der Waals surface area contributed by atoms with Gasteiger partial charge >= 0.3 is 0 Å². The molecule has 3 aromatic heterocycles. The number of benzene rings is 1. The molecule has 0 saturated heterocycles. The lowest BCUT2D eigenvalue weighted by atomic mass is 10.1. The van der Waals surface area contributed by atoms with Gasteiger partial charge in [0.15, 0.2) is 5.82 Å². The number of hydrogen-bond acceptors (Lipinski definition) is 3. The number of halogens is 3. The molecule has 0 amide bonds. The second kappa shape index (κ2) is 5.65. The first kappa shape index (κ1) is 14.7. The summed E-state index contributed by atoms with van der Waals surface area (Å²) in [6.45, 7) is 0. The molecule has 0 saturated carbocycles. The van der Waals surface area contributed by atoms with Crippen LogP contribution < -0.4 is 0 Å². The lowest BCUT2D eigenvalue weighted by Gasteiger charge is -2.02. The van der Waals surface area contributed by atoms with Crippen molar-refractivity contribution in [3.05, 3.63) is 65.6 Å². The van der Waals surface area contributed by atoms with E-state index >= 15 is 0 Å². The molecule has 1 N–H and O–H groups in total. The minimum atomic E-state index is -1.13. The van der Waals surface area contributed by atoms with E-state index in [-0.39, 0.29) is 0 Å². The molecule has 0 fully saturated rings. The standard InChI is InChI=1S/C17H9ClF2N4/c18-11-2-4-14-15(6-11)24-17(23-14)9-1-3-13(21-7-9)10-5-12(19)16(20)22-8-10/h1-8H,(H,23,24). The van der Waals surface area contributed by atoms with E-state index in [1.165, 1.54) is 6.20 Å². The first-order valence-electron chi connectivity index (χ1n) is 7.03. The first-order chi connectivity index (χ1) is 11.6. The maximum absolute atomic E-state index is 13.3. The average Bonchev–Trinajstić information content (AvgIpc) is 3.00. The van der Waals surface area contributed by atoms with Crippen LogP contribution in [0.5, 0.6) is 0 Å². The Morgan fingerprint density at radius 2 is 1.75 bits per heavy atom. The van der Waals surface area contributed by atoms with Crippen molar-refractivity contribution in [2.75, 3.05) is 0 Å². The summed E-state index contributed by atoms with van der Waals surface area (Å²) in [6, 6.07) is 9.95. The Bertz CT molecular complexity index is 1040. The van der Waals surface area contributed by atoms with Gasteiger partial charge < -0.3 is 4.98 Å². The number of rotatable bonds is 2. The molecule has 24 heavy (non-hydrogen) atoms. The van der Waals surface area contributed by atoms with Gasteiger partial charge in [-0.1, -0.05) is 11.6 Å². The second-order valence-corrected chi connectivity index (χ2v) is 5.61. The molecule has 4 nitrogen and oxygen atoms in total. The molecule has 4 aromatic rings. The Hall–Kier alpha value is -2.86. The number of nitrogens with zero attached hydrogens (tertiary/aromatic N) is 3. The van der Waals surface area contributed by atoms with Gasteiger partial charge in [-0.05, 0) is 36.4 Å². The highest BCUT2D eigenvalue weighted by atomic mass is 35.5. The number of hydrogen-bond donors (Lipinski definition) is 1. The molecule has 0 bridgehead atoms. The van der Waals surface area contributed by atoms with Crippen LogP contribution in [0.3, 0.4) is 0 Å². The Balaban J connectivity index is 1.70. The predicted octanol–water partition coefficient (Wildman–Crippen LogP) is 4.62. The van der Waals surface area contributed by atoms with Gasteiger partial charge in [0.25, 0.3) is 0 Å². The second-order valence-electron chi connectivity index (χ2n) is 5.18. The molecular weight excluding hydrogens is 334 g/mol. The van der Waals surface area contributed by atoms with Crippen molar-refractivity contribution in [1.29, 1.82) is 0 Å². The zero-order chi connectivity index (χ0) is 16.7. The minimum Gasteiger partial charge on any atom is -0.338 e. The van der Waals surface area contributed by atoms with Gasteiger partial charge in [0.2, 0.25) is 5.95 Å². The van der Waals surface area contributed by atoms with Crippen molar-refractivity contribution < 1.29 is 8.78 Å². The van der Waals surface area contributed by atoms with Gasteiger partial charge in [-0.25, -0.2) is 14.4 Å². The Morgan fingerprint density at radius 1 is 0.917 bits per heavy atom. The molecule has 0 aliphatic carbocycles. The molecule has 4 rings (SSSR count). The van der Waals surface area contributed by atoms with Crippen molar-refractivity contribution >= 4 is 22.6 Å². The molecule has 0 radical (unpaired) electrons. The Labute approximate surface area is 140 Å². The number of imidazole rings is 1. The van der Waals surface area contributed by atoms with E-state index in [4.69, 9.17) is 11.6 Å². The number of pyridine rings is 2. The lowest BCUT2D eigenvalue weighted by molar-refractivity contribution is 0.480. The highest BCUT2D eigenvalue weighted by Gasteiger charge is 2.09. The maximum Gasteiger partial charge on any atom is 0.248 e. The quantitative estimate of drug-likeness (QED) is 0.541. The molecule has 0 atom stereocenters. The fraction of sp³-hybridized carbons (Fsp3) is 0. The van der Waals surface area contributed by atoms with Gasteiger partial charge in [0.05, 0.1) is 16.7 Å². The summed E-state index contributed by atoms with van der Waals surface area (Å²) in [5.41, 5.74) is 3.28. The van der Waals surface area contributed by atoms with E-state index in [0.29, 0.717) is 22.1 Å². The SMILES string of the molecule is Fc1cc(-c2ccc(-c3nc4ccc(Cl)cc4[nH]3)cn2)cnc1F. The monoisotopic (exact) mass is 342 g/mol. The van der Waals surface area contributed by atoms with Crippen LogP contribution in [-0.2, 0) is 0 Å². The average molecular weight is 343 g/mol. The third-order valence-corrected chi connectivity index (χ3v) is 3.81. The van der Waals surface area contributed by atoms with Crippen LogP contribution in [0.1, 0.15) is 0 Å². The summed E-state index contributed by atoms with van der Waals surface area (Å²) in [4.78, 5) is 15.3. The summed E-state index contributed by atoms with van der Waals surface area (Å²) < 4.78 is 26.2. The molecule has 0 spiro atoms. The van der Waals surface area contributed by atoms with Crippen molar-refractivity contribution in [3.63, 3.8) is 0 Å². The maximum atomic E-state index is 13.3. The van der Waals surface area contributed by atoms with Gasteiger partial charge in [0.1, 0.15) is 5.82 Å². The molecule has 7 heteroatoms. The topological polar surface area (TPSA) is 54.5 Å². The molecule has 0 aliphatic heterocycles. The number of nitrogens with one attached hydrogen (secondary N) is 1. The van der Waals surface area contributed by atoms with Gasteiger partial charge in [0, 0.05) is 28.5 Å². The third-order valence-electron chi connectivity index (χ3n) is 3.57. The van der Waals surface area contributed by atoms with Crippen LogP contribution in [0, 0.1) is 11.8 Å². The fourth-order valence-corrected chi connectivity index (χ4v) is 2.56. The zero-order valence-electron chi connectivity index (χ0n) is 12.1. The van der Waals surface area contributed by atoms with Crippen LogP contribution in [0.4, 0.5) is 8.78 Å². The van der Waals surface area contributed by atoms with E-state index in [2.05, 4.69) is 19.9 Å². The Morgan fingerprint density at radius 3 is 2.50 bits per heavy atom. The van der Waals surface area contributed by atoms with E-state index in [9.17, 15) is 8.78 Å². The smallest absolute Gasteiger partial charge is 0.248 e. The third kappa shape index (κ3) is 2.61. The van der Waals surface area contributed by atoms with E-state index in [0.717, 1.165) is 22.7 Å². The van der Waals surface area contributed by atoms with Crippen molar-refractivity contribution in [3.8, 4) is 22.6 Å². The molecular formula is C17H9ClF2N4. The number of fused-ring (bicyclic) bond motifs is 1. The largest absolute Gasteiger partial charge is 0.338 e. The molecule has 118 valence electrons. The molecule has 0 unspecified atom stereocenters. The summed E-state index contributed by atoms with van der Waals surface area (Å²) >= 11 is 5.96. The minimum absolute atomic E-state index is 0.400. The summed E-state index contributed by atoms with van der Waals surface area (Å²) in [5.74, 6) is -1.49. The summed E-state index contributed by atoms with van der Waals surface area (Å²) in [6.07, 6.45) is 2.85. The Kier molecular flexibility index (Phi) is 3.46. The predicted molar refractivity (Wildman–Crippen MR) is 87.5 cm³/mol.